The summed E-state index contributed by atoms with van der Waals surface area (Å²) in [5.74, 6) is -0.193. The highest BCUT2D eigenvalue weighted by molar-refractivity contribution is 9.10. The van der Waals surface area contributed by atoms with Crippen molar-refractivity contribution in [1.29, 1.82) is 0 Å². The van der Waals surface area contributed by atoms with Gasteiger partial charge in [0, 0.05) is 34.4 Å². The molecule has 1 aromatic carbocycles. The maximum absolute atomic E-state index is 12.1. The Kier molecular flexibility index (Phi) is 6.65. The summed E-state index contributed by atoms with van der Waals surface area (Å²) >= 11 is 3.17. The lowest BCUT2D eigenvalue weighted by Gasteiger charge is -2.13. The number of amides is 1. The number of halogens is 2. The van der Waals surface area contributed by atoms with Crippen LogP contribution in [0.25, 0.3) is 0 Å². The molecule has 0 spiro atoms. The molecule has 0 heterocycles. The third-order valence-corrected chi connectivity index (χ3v) is 5.47. The van der Waals surface area contributed by atoms with E-state index >= 15 is 0 Å². The lowest BCUT2D eigenvalue weighted by Crippen LogP contribution is -2.30. The summed E-state index contributed by atoms with van der Waals surface area (Å²) < 4.78 is 28.4. The fraction of sp³-hybridized carbons (Fsp3) is 0.462. The van der Waals surface area contributed by atoms with Gasteiger partial charge in [-0.2, -0.15) is 0 Å². The number of hydrogen-bond donors (Lipinski definition) is 1. The van der Waals surface area contributed by atoms with E-state index in [1.165, 1.54) is 6.07 Å². The Morgan fingerprint density at radius 2 is 2.10 bits per heavy atom. The number of hydrogen-bond acceptors (Lipinski definition) is 4. The van der Waals surface area contributed by atoms with Crippen molar-refractivity contribution in [1.82, 2.24) is 5.32 Å². The summed E-state index contributed by atoms with van der Waals surface area (Å²) in [7, 11) is 3.04. The van der Waals surface area contributed by atoms with Gasteiger partial charge in [0.15, 0.2) is 0 Å². The van der Waals surface area contributed by atoms with E-state index < -0.39 is 9.05 Å². The third kappa shape index (κ3) is 5.25. The van der Waals surface area contributed by atoms with Crippen molar-refractivity contribution in [2.24, 2.45) is 5.92 Å². The molecule has 0 bridgehead atoms. The summed E-state index contributed by atoms with van der Waals surface area (Å²) in [6.07, 6.45) is 0. The smallest absolute Gasteiger partial charge is 0.262 e. The van der Waals surface area contributed by atoms with Crippen LogP contribution < -0.4 is 5.32 Å². The monoisotopic (exact) mass is 397 g/mol. The van der Waals surface area contributed by atoms with Crippen LogP contribution in [0.3, 0.4) is 0 Å². The van der Waals surface area contributed by atoms with Gasteiger partial charge in [-0.1, -0.05) is 6.92 Å². The zero-order valence-corrected chi connectivity index (χ0v) is 15.1. The Bertz CT molecular complexity index is 633. The molecule has 5 nitrogen and oxygen atoms in total. The second-order valence-electron chi connectivity index (χ2n) is 4.81. The molecular formula is C13H17BrClNO4S. The van der Waals surface area contributed by atoms with Crippen molar-refractivity contribution in [2.75, 3.05) is 20.3 Å². The standard InChI is InChI=1S/C13H17BrClNO4S/c1-8(7-20-3)6-16-13(17)10-4-9(2)12(14)11(5-10)21(15,18)19/h4-5,8H,6-7H2,1-3H3,(H,16,17). The second-order valence-corrected chi connectivity index (χ2v) is 8.14. The molecule has 21 heavy (non-hydrogen) atoms. The van der Waals surface area contributed by atoms with Crippen molar-refractivity contribution >= 4 is 41.6 Å². The van der Waals surface area contributed by atoms with E-state index in [-0.39, 0.29) is 22.3 Å². The van der Waals surface area contributed by atoms with Crippen LogP contribution in [-0.2, 0) is 13.8 Å². The molecule has 1 rings (SSSR count). The van der Waals surface area contributed by atoms with Gasteiger partial charge < -0.3 is 10.1 Å². The van der Waals surface area contributed by atoms with Crippen LogP contribution in [0.15, 0.2) is 21.5 Å². The first-order valence-electron chi connectivity index (χ1n) is 6.18. The number of ether oxygens (including phenoxy) is 1. The van der Waals surface area contributed by atoms with E-state index in [0.717, 1.165) is 0 Å². The Labute approximate surface area is 137 Å². The van der Waals surface area contributed by atoms with E-state index in [1.54, 1.807) is 20.1 Å². The molecule has 8 heteroatoms. The molecule has 1 atom stereocenters. The van der Waals surface area contributed by atoms with Crippen LogP contribution >= 0.6 is 26.6 Å². The molecule has 0 saturated carbocycles. The normalized spacial score (nSPS) is 13.0. The SMILES string of the molecule is COCC(C)CNC(=O)c1cc(C)c(Br)c(S(=O)(=O)Cl)c1. The van der Waals surface area contributed by atoms with Gasteiger partial charge in [0.1, 0.15) is 0 Å². The van der Waals surface area contributed by atoms with Gasteiger partial charge in [-0.05, 0) is 46.5 Å². The lowest BCUT2D eigenvalue weighted by molar-refractivity contribution is 0.0933. The van der Waals surface area contributed by atoms with Crippen molar-refractivity contribution < 1.29 is 17.9 Å². The topological polar surface area (TPSA) is 72.5 Å². The molecule has 0 aliphatic heterocycles. The summed E-state index contributed by atoms with van der Waals surface area (Å²) in [5.41, 5.74) is 0.867. The molecule has 0 fully saturated rings. The summed E-state index contributed by atoms with van der Waals surface area (Å²) in [6.45, 7) is 4.59. The molecule has 0 aliphatic rings. The fourth-order valence-corrected chi connectivity index (χ4v) is 3.91. The molecule has 1 aromatic rings. The zero-order valence-electron chi connectivity index (χ0n) is 11.9. The quantitative estimate of drug-likeness (QED) is 0.748. The average molecular weight is 399 g/mol. The maximum atomic E-state index is 12.1. The summed E-state index contributed by atoms with van der Waals surface area (Å²) in [4.78, 5) is 12.0. The highest BCUT2D eigenvalue weighted by Gasteiger charge is 2.19. The van der Waals surface area contributed by atoms with E-state index in [4.69, 9.17) is 15.4 Å². The Morgan fingerprint density at radius 3 is 2.62 bits per heavy atom. The van der Waals surface area contributed by atoms with E-state index in [1.807, 2.05) is 6.92 Å². The number of carbonyl (C=O) groups excluding carboxylic acids is 1. The Balaban J connectivity index is 2.99. The van der Waals surface area contributed by atoms with E-state index in [9.17, 15) is 13.2 Å². The van der Waals surface area contributed by atoms with Gasteiger partial charge in [0.25, 0.3) is 15.0 Å². The second kappa shape index (κ2) is 7.58. The first-order valence-corrected chi connectivity index (χ1v) is 9.29. The third-order valence-electron chi connectivity index (χ3n) is 2.81. The molecule has 0 aliphatic carbocycles. The molecule has 1 amide bonds. The molecule has 118 valence electrons. The average Bonchev–Trinajstić information content (AvgIpc) is 2.38. The predicted molar refractivity (Wildman–Crippen MR) is 85.3 cm³/mol. The van der Waals surface area contributed by atoms with Crippen LogP contribution in [0, 0.1) is 12.8 Å². The number of benzene rings is 1. The van der Waals surface area contributed by atoms with Crippen molar-refractivity contribution in [3.05, 3.63) is 27.7 Å². The highest BCUT2D eigenvalue weighted by atomic mass is 79.9. The van der Waals surface area contributed by atoms with Crippen LogP contribution in [-0.4, -0.2) is 34.6 Å². The molecule has 0 saturated heterocycles. The molecule has 0 aromatic heterocycles. The van der Waals surface area contributed by atoms with Gasteiger partial charge >= 0.3 is 0 Å². The largest absolute Gasteiger partial charge is 0.384 e. The minimum Gasteiger partial charge on any atom is -0.384 e. The van der Waals surface area contributed by atoms with Crippen molar-refractivity contribution in [2.45, 2.75) is 18.7 Å². The zero-order chi connectivity index (χ0) is 16.2. The molecule has 1 unspecified atom stereocenters. The van der Waals surface area contributed by atoms with Gasteiger partial charge in [-0.25, -0.2) is 8.42 Å². The number of methoxy groups -OCH3 is 1. The minimum absolute atomic E-state index is 0.112. The van der Waals surface area contributed by atoms with Crippen LogP contribution in [0.4, 0.5) is 0 Å². The van der Waals surface area contributed by atoms with Crippen LogP contribution in [0.5, 0.6) is 0 Å². The summed E-state index contributed by atoms with van der Waals surface area (Å²) in [6, 6.07) is 2.86. The highest BCUT2D eigenvalue weighted by Crippen LogP contribution is 2.29. The summed E-state index contributed by atoms with van der Waals surface area (Å²) in [5, 5.41) is 2.74. The fourth-order valence-electron chi connectivity index (χ4n) is 1.76. The van der Waals surface area contributed by atoms with Crippen molar-refractivity contribution in [3.63, 3.8) is 0 Å². The molecule has 1 N–H and O–H groups in total. The predicted octanol–water partition coefficient (Wildman–Crippen LogP) is 2.70. The van der Waals surface area contributed by atoms with Crippen molar-refractivity contribution in [3.8, 4) is 0 Å². The first-order chi connectivity index (χ1) is 9.66. The van der Waals surface area contributed by atoms with Crippen LogP contribution in [0.1, 0.15) is 22.8 Å². The Hall–Kier alpha value is -0.630. The van der Waals surface area contributed by atoms with Gasteiger partial charge in [-0.15, -0.1) is 0 Å². The molecular weight excluding hydrogens is 382 g/mol. The number of aryl methyl sites for hydroxylation is 1. The first kappa shape index (κ1) is 18.4. The van der Waals surface area contributed by atoms with Crippen LogP contribution in [0.2, 0.25) is 0 Å². The minimum atomic E-state index is -3.93. The Morgan fingerprint density at radius 1 is 1.48 bits per heavy atom. The number of nitrogens with one attached hydrogen (secondary N) is 1. The van der Waals surface area contributed by atoms with E-state index in [2.05, 4.69) is 21.2 Å². The van der Waals surface area contributed by atoms with Gasteiger partial charge in [-0.3, -0.25) is 4.79 Å². The number of rotatable bonds is 6. The van der Waals surface area contributed by atoms with Gasteiger partial charge in [0.2, 0.25) is 0 Å². The van der Waals surface area contributed by atoms with Gasteiger partial charge in [0.05, 0.1) is 11.5 Å². The molecule has 0 radical (unpaired) electrons. The maximum Gasteiger partial charge on any atom is 0.262 e. The number of carbonyl (C=O) groups is 1. The van der Waals surface area contributed by atoms with E-state index in [0.29, 0.717) is 23.2 Å². The lowest BCUT2D eigenvalue weighted by atomic mass is 10.1.